The first-order valence-electron chi connectivity index (χ1n) is 9.54. The normalized spacial score (nSPS) is 12.6. The predicted molar refractivity (Wildman–Crippen MR) is 108 cm³/mol. The Bertz CT molecular complexity index is 579. The number of carbonyl (C=O) groups is 3. The average Bonchev–Trinajstić information content (AvgIpc) is 2.48. The Kier molecular flexibility index (Phi) is 11.2. The number of carbonyl (C=O) groups excluding carboxylic acids is 3. The molecule has 0 bridgehead atoms. The Hall–Kier alpha value is -2.31. The third-order valence-electron chi connectivity index (χ3n) is 3.04. The maximum atomic E-state index is 11.9. The number of amides is 1. The molecule has 160 valence electrons. The van der Waals surface area contributed by atoms with E-state index in [1.807, 2.05) is 20.8 Å². The maximum absolute atomic E-state index is 11.9. The lowest BCUT2D eigenvalue weighted by Crippen LogP contribution is -2.33. The summed E-state index contributed by atoms with van der Waals surface area (Å²) in [4.78, 5) is 35.1. The van der Waals surface area contributed by atoms with Crippen LogP contribution in [0.2, 0.25) is 0 Å². The molecule has 0 aromatic carbocycles. The van der Waals surface area contributed by atoms with Crippen molar-refractivity contribution in [2.45, 2.75) is 78.9 Å². The second-order valence-electron chi connectivity index (χ2n) is 8.20. The van der Waals surface area contributed by atoms with E-state index in [1.54, 1.807) is 39.8 Å². The summed E-state index contributed by atoms with van der Waals surface area (Å²) in [6.07, 6.45) is 5.32. The van der Waals surface area contributed by atoms with Crippen LogP contribution in [0.25, 0.3) is 0 Å². The predicted octanol–water partition coefficient (Wildman–Crippen LogP) is 4.07. The van der Waals surface area contributed by atoms with Crippen molar-refractivity contribution >= 4 is 18.0 Å². The summed E-state index contributed by atoms with van der Waals surface area (Å²) in [5, 5.41) is 2.68. The van der Waals surface area contributed by atoms with Crippen molar-refractivity contribution in [1.82, 2.24) is 5.32 Å². The van der Waals surface area contributed by atoms with Gasteiger partial charge < -0.3 is 19.5 Å². The van der Waals surface area contributed by atoms with Gasteiger partial charge in [0.15, 0.2) is 0 Å². The van der Waals surface area contributed by atoms with Crippen LogP contribution < -0.4 is 5.32 Å². The molecule has 7 nitrogen and oxygen atoms in total. The summed E-state index contributed by atoms with van der Waals surface area (Å²) in [5.41, 5.74) is -0.215. The fraction of sp³-hybridized carbons (Fsp3) is 0.667. The number of nitrogens with one attached hydrogen (secondary N) is 1. The molecule has 0 atom stereocenters. The number of ether oxygens (including phenoxy) is 3. The molecule has 0 spiro atoms. The molecule has 0 fully saturated rings. The number of alkyl carbamates (subject to hydrolysis) is 1. The van der Waals surface area contributed by atoms with E-state index in [0.29, 0.717) is 26.0 Å². The van der Waals surface area contributed by atoms with Crippen LogP contribution in [-0.4, -0.2) is 42.4 Å². The van der Waals surface area contributed by atoms with Gasteiger partial charge in [0.25, 0.3) is 0 Å². The Morgan fingerprint density at radius 3 is 2.04 bits per heavy atom. The Morgan fingerprint density at radius 1 is 0.893 bits per heavy atom. The zero-order valence-corrected chi connectivity index (χ0v) is 18.2. The van der Waals surface area contributed by atoms with Crippen LogP contribution in [0.5, 0.6) is 0 Å². The summed E-state index contributed by atoms with van der Waals surface area (Å²) in [7, 11) is 0. The van der Waals surface area contributed by atoms with Gasteiger partial charge in [0.2, 0.25) is 0 Å². The standard InChI is InChI=1S/C21H35NO6/c1-8-26-17(23)11-9-10-16(12-13-18(24)27-20(2,3)4)14-15-22-19(25)28-21(5,6)7/h9-11H,8,12-15H2,1-7H3,(H,22,25)/b11-9+,16-10-. The Morgan fingerprint density at radius 2 is 1.50 bits per heavy atom. The number of rotatable bonds is 9. The minimum absolute atomic E-state index is 0.211. The van der Waals surface area contributed by atoms with Gasteiger partial charge in [0, 0.05) is 19.0 Å². The van der Waals surface area contributed by atoms with Gasteiger partial charge >= 0.3 is 18.0 Å². The molecule has 0 saturated heterocycles. The molecule has 28 heavy (non-hydrogen) atoms. The molecule has 1 amide bonds. The van der Waals surface area contributed by atoms with Gasteiger partial charge in [-0.05, 0) is 61.3 Å². The minimum atomic E-state index is -0.568. The quantitative estimate of drug-likeness (QED) is 0.273. The van der Waals surface area contributed by atoms with Crippen molar-refractivity contribution in [3.63, 3.8) is 0 Å². The molecule has 0 radical (unpaired) electrons. The van der Waals surface area contributed by atoms with Crippen LogP contribution in [-0.2, 0) is 23.8 Å². The van der Waals surface area contributed by atoms with Crippen LogP contribution in [0.3, 0.4) is 0 Å². The molecular formula is C21H35NO6. The maximum Gasteiger partial charge on any atom is 0.407 e. The number of esters is 2. The van der Waals surface area contributed by atoms with Crippen LogP contribution in [0.4, 0.5) is 4.79 Å². The van der Waals surface area contributed by atoms with Gasteiger partial charge in [-0.3, -0.25) is 4.79 Å². The van der Waals surface area contributed by atoms with Crippen molar-refractivity contribution in [3.8, 4) is 0 Å². The van der Waals surface area contributed by atoms with Crippen LogP contribution in [0.15, 0.2) is 23.8 Å². The lowest BCUT2D eigenvalue weighted by Gasteiger charge is -2.20. The van der Waals surface area contributed by atoms with Crippen molar-refractivity contribution in [3.05, 3.63) is 23.8 Å². The van der Waals surface area contributed by atoms with E-state index < -0.39 is 23.3 Å². The Labute approximate surface area is 168 Å². The average molecular weight is 398 g/mol. The highest BCUT2D eigenvalue weighted by atomic mass is 16.6. The van der Waals surface area contributed by atoms with Gasteiger partial charge in [-0.1, -0.05) is 17.7 Å². The summed E-state index contributed by atoms with van der Waals surface area (Å²) >= 11 is 0. The molecule has 0 aliphatic heterocycles. The van der Waals surface area contributed by atoms with Gasteiger partial charge in [0.1, 0.15) is 11.2 Å². The smallest absolute Gasteiger partial charge is 0.407 e. The van der Waals surface area contributed by atoms with Crippen LogP contribution >= 0.6 is 0 Å². The second kappa shape index (κ2) is 12.2. The molecule has 0 saturated carbocycles. The van der Waals surface area contributed by atoms with Crippen molar-refractivity contribution in [2.24, 2.45) is 0 Å². The molecule has 0 aliphatic carbocycles. The molecule has 0 aromatic heterocycles. The van der Waals surface area contributed by atoms with E-state index in [0.717, 1.165) is 5.57 Å². The van der Waals surface area contributed by atoms with E-state index in [9.17, 15) is 14.4 Å². The number of allylic oxidation sites excluding steroid dienone is 2. The summed E-state index contributed by atoms with van der Waals surface area (Å²) in [5.74, 6) is -0.731. The van der Waals surface area contributed by atoms with E-state index in [-0.39, 0.29) is 12.4 Å². The minimum Gasteiger partial charge on any atom is -0.463 e. The zero-order chi connectivity index (χ0) is 21.8. The Balaban J connectivity index is 4.77. The largest absolute Gasteiger partial charge is 0.463 e. The first kappa shape index (κ1) is 25.7. The molecular weight excluding hydrogens is 362 g/mol. The first-order chi connectivity index (χ1) is 12.8. The van der Waals surface area contributed by atoms with Crippen molar-refractivity contribution in [2.75, 3.05) is 13.2 Å². The van der Waals surface area contributed by atoms with Crippen molar-refractivity contribution in [1.29, 1.82) is 0 Å². The van der Waals surface area contributed by atoms with Gasteiger partial charge in [-0.2, -0.15) is 0 Å². The molecule has 1 N–H and O–H groups in total. The third kappa shape index (κ3) is 15.9. The van der Waals surface area contributed by atoms with Crippen LogP contribution in [0.1, 0.15) is 67.7 Å². The number of hydrogen-bond donors (Lipinski definition) is 1. The molecule has 0 rings (SSSR count). The van der Waals surface area contributed by atoms with E-state index in [4.69, 9.17) is 14.2 Å². The lowest BCUT2D eigenvalue weighted by molar-refractivity contribution is -0.154. The monoisotopic (exact) mass is 397 g/mol. The number of hydrogen-bond acceptors (Lipinski definition) is 6. The van der Waals surface area contributed by atoms with Gasteiger partial charge in [-0.15, -0.1) is 0 Å². The van der Waals surface area contributed by atoms with Gasteiger partial charge in [-0.25, -0.2) is 9.59 Å². The van der Waals surface area contributed by atoms with E-state index in [1.165, 1.54) is 6.08 Å². The molecule has 0 aliphatic rings. The zero-order valence-electron chi connectivity index (χ0n) is 18.2. The fourth-order valence-electron chi connectivity index (χ4n) is 2.04. The SMILES string of the molecule is CCOC(=O)/C=C/C=C(\CCNC(=O)OC(C)(C)C)CCC(=O)OC(C)(C)C. The molecule has 0 heterocycles. The third-order valence-corrected chi connectivity index (χ3v) is 3.04. The topological polar surface area (TPSA) is 90.9 Å². The van der Waals surface area contributed by atoms with Gasteiger partial charge in [0.05, 0.1) is 6.61 Å². The van der Waals surface area contributed by atoms with Crippen LogP contribution in [0, 0.1) is 0 Å². The molecule has 7 heteroatoms. The molecule has 0 aromatic rings. The summed E-state index contributed by atoms with van der Waals surface area (Å²) in [6, 6.07) is 0. The first-order valence-corrected chi connectivity index (χ1v) is 9.54. The molecule has 0 unspecified atom stereocenters. The van der Waals surface area contributed by atoms with Crippen molar-refractivity contribution < 1.29 is 28.6 Å². The summed E-state index contributed by atoms with van der Waals surface area (Å²) < 4.78 is 15.3. The van der Waals surface area contributed by atoms with E-state index >= 15 is 0 Å². The fourth-order valence-corrected chi connectivity index (χ4v) is 2.04. The second-order valence-corrected chi connectivity index (χ2v) is 8.20. The highest BCUT2D eigenvalue weighted by molar-refractivity contribution is 5.82. The highest BCUT2D eigenvalue weighted by Crippen LogP contribution is 2.14. The lowest BCUT2D eigenvalue weighted by atomic mass is 10.1. The summed E-state index contributed by atoms with van der Waals surface area (Å²) in [6.45, 7) is 13.2. The van der Waals surface area contributed by atoms with E-state index in [2.05, 4.69) is 5.32 Å². The highest BCUT2D eigenvalue weighted by Gasteiger charge is 2.17.